The zero-order valence-corrected chi connectivity index (χ0v) is 10.3. The van der Waals surface area contributed by atoms with Crippen molar-refractivity contribution in [1.29, 1.82) is 0 Å². The molecule has 2 rings (SSSR count). The second kappa shape index (κ2) is 5.02. The van der Waals surface area contributed by atoms with Gasteiger partial charge in [0.1, 0.15) is 5.82 Å². The lowest BCUT2D eigenvalue weighted by atomic mass is 10.1. The lowest BCUT2D eigenvalue weighted by Crippen LogP contribution is -2.38. The average molecular weight is 257 g/mol. The van der Waals surface area contributed by atoms with Crippen LogP contribution in [0.15, 0.2) is 18.2 Å². The maximum absolute atomic E-state index is 12.9. The molecule has 1 fully saturated rings. The molecule has 0 spiro atoms. The summed E-state index contributed by atoms with van der Waals surface area (Å²) in [6, 6.07) is 4.03. The van der Waals surface area contributed by atoms with Crippen LogP contribution < -0.4 is 5.32 Å². The van der Waals surface area contributed by atoms with Crippen LogP contribution in [0.3, 0.4) is 0 Å². The molecule has 0 radical (unpaired) electrons. The van der Waals surface area contributed by atoms with E-state index in [0.29, 0.717) is 5.56 Å². The van der Waals surface area contributed by atoms with Crippen molar-refractivity contribution in [3.05, 3.63) is 34.6 Å². The van der Waals surface area contributed by atoms with Gasteiger partial charge in [0.15, 0.2) is 0 Å². The second-order valence-electron chi connectivity index (χ2n) is 4.19. The summed E-state index contributed by atoms with van der Waals surface area (Å²) in [5.41, 5.74) is 0.350. The Balaban J connectivity index is 2.18. The van der Waals surface area contributed by atoms with Crippen molar-refractivity contribution in [2.75, 3.05) is 20.1 Å². The molecule has 17 heavy (non-hydrogen) atoms. The van der Waals surface area contributed by atoms with Crippen molar-refractivity contribution >= 4 is 17.5 Å². The molecule has 0 aliphatic carbocycles. The van der Waals surface area contributed by atoms with Gasteiger partial charge in [0, 0.05) is 19.6 Å². The van der Waals surface area contributed by atoms with Crippen LogP contribution in [0.5, 0.6) is 0 Å². The Kier molecular flexibility index (Phi) is 3.64. The molecule has 1 aromatic rings. The fourth-order valence-corrected chi connectivity index (χ4v) is 2.24. The van der Waals surface area contributed by atoms with Gasteiger partial charge < -0.3 is 10.2 Å². The Labute approximate surface area is 105 Å². The van der Waals surface area contributed by atoms with Crippen LogP contribution in [0.4, 0.5) is 4.39 Å². The van der Waals surface area contributed by atoms with Crippen molar-refractivity contribution in [3.63, 3.8) is 0 Å². The fourth-order valence-electron chi connectivity index (χ4n) is 1.99. The predicted octanol–water partition coefficient (Wildman–Crippen LogP) is 1.91. The molecule has 0 saturated carbocycles. The Morgan fingerprint density at radius 3 is 2.94 bits per heavy atom. The smallest absolute Gasteiger partial charge is 0.255 e. The molecule has 0 bridgehead atoms. The molecule has 3 nitrogen and oxygen atoms in total. The van der Waals surface area contributed by atoms with Gasteiger partial charge >= 0.3 is 0 Å². The van der Waals surface area contributed by atoms with E-state index in [0.717, 1.165) is 25.6 Å². The van der Waals surface area contributed by atoms with Crippen LogP contribution in [0.2, 0.25) is 5.02 Å². The normalized spacial score (nSPS) is 19.4. The Morgan fingerprint density at radius 1 is 1.59 bits per heavy atom. The number of likely N-dealkylation sites (N-methyl/N-ethyl adjacent to an activating group) is 1. The highest BCUT2D eigenvalue weighted by molar-refractivity contribution is 6.33. The summed E-state index contributed by atoms with van der Waals surface area (Å²) in [5, 5.41) is 3.36. The topological polar surface area (TPSA) is 32.3 Å². The van der Waals surface area contributed by atoms with Gasteiger partial charge in [-0.25, -0.2) is 4.39 Å². The zero-order valence-electron chi connectivity index (χ0n) is 9.54. The van der Waals surface area contributed by atoms with Gasteiger partial charge in [0.05, 0.1) is 10.6 Å². The first-order valence-corrected chi connectivity index (χ1v) is 5.90. The van der Waals surface area contributed by atoms with Crippen LogP contribution in [-0.2, 0) is 0 Å². The minimum absolute atomic E-state index is 0.160. The molecule has 1 heterocycles. The molecule has 1 amide bonds. The third-order valence-electron chi connectivity index (χ3n) is 3.06. The van der Waals surface area contributed by atoms with E-state index in [1.165, 1.54) is 12.1 Å². The minimum atomic E-state index is -0.434. The van der Waals surface area contributed by atoms with E-state index in [2.05, 4.69) is 5.32 Å². The number of carbonyl (C=O) groups is 1. The number of carbonyl (C=O) groups excluding carboxylic acids is 1. The largest absolute Gasteiger partial charge is 0.337 e. The van der Waals surface area contributed by atoms with Crippen LogP contribution in [0, 0.1) is 5.82 Å². The summed E-state index contributed by atoms with van der Waals surface area (Å²) in [4.78, 5) is 13.8. The highest BCUT2D eigenvalue weighted by Crippen LogP contribution is 2.20. The molecule has 0 aromatic heterocycles. The summed E-state index contributed by atoms with van der Waals surface area (Å²) in [7, 11) is 1.75. The fraction of sp³-hybridized carbons (Fsp3) is 0.417. The number of benzene rings is 1. The lowest BCUT2D eigenvalue weighted by molar-refractivity contribution is 0.0744. The van der Waals surface area contributed by atoms with Gasteiger partial charge in [-0.05, 0) is 31.2 Å². The standard InChI is InChI=1S/C12H14ClFN2O/c1-16(9-4-5-15-7-9)12(17)10-3-2-8(14)6-11(10)13/h2-3,6,9,15H,4-5,7H2,1H3/t9-/m1/s1. The molecule has 1 N–H and O–H groups in total. The first-order chi connectivity index (χ1) is 8.09. The number of hydrogen-bond acceptors (Lipinski definition) is 2. The van der Waals surface area contributed by atoms with E-state index in [1.807, 2.05) is 0 Å². The summed E-state index contributed by atoms with van der Waals surface area (Å²) in [6.07, 6.45) is 0.932. The number of nitrogens with zero attached hydrogens (tertiary/aromatic N) is 1. The monoisotopic (exact) mass is 256 g/mol. The molecule has 0 unspecified atom stereocenters. The molecule has 1 aromatic carbocycles. The van der Waals surface area contributed by atoms with Crippen molar-refractivity contribution in [2.45, 2.75) is 12.5 Å². The van der Waals surface area contributed by atoms with Crippen LogP contribution >= 0.6 is 11.6 Å². The van der Waals surface area contributed by atoms with Gasteiger partial charge in [0.25, 0.3) is 5.91 Å². The molecule has 1 atom stereocenters. The molecular formula is C12H14ClFN2O. The maximum Gasteiger partial charge on any atom is 0.255 e. The second-order valence-corrected chi connectivity index (χ2v) is 4.59. The Morgan fingerprint density at radius 2 is 2.35 bits per heavy atom. The van der Waals surface area contributed by atoms with E-state index in [1.54, 1.807) is 11.9 Å². The van der Waals surface area contributed by atoms with Gasteiger partial charge in [-0.3, -0.25) is 4.79 Å². The van der Waals surface area contributed by atoms with Crippen molar-refractivity contribution in [2.24, 2.45) is 0 Å². The predicted molar refractivity (Wildman–Crippen MR) is 64.8 cm³/mol. The lowest BCUT2D eigenvalue weighted by Gasteiger charge is -2.24. The maximum atomic E-state index is 12.9. The van der Waals surface area contributed by atoms with E-state index in [-0.39, 0.29) is 17.0 Å². The van der Waals surface area contributed by atoms with Crippen LogP contribution in [0.25, 0.3) is 0 Å². The molecule has 1 saturated heterocycles. The molecule has 1 aliphatic heterocycles. The third kappa shape index (κ3) is 2.58. The van der Waals surface area contributed by atoms with Crippen molar-refractivity contribution in [1.82, 2.24) is 10.2 Å². The SMILES string of the molecule is CN(C(=O)c1ccc(F)cc1Cl)[C@@H]1CCNC1. The van der Waals surface area contributed by atoms with Gasteiger partial charge in [-0.2, -0.15) is 0 Å². The number of rotatable bonds is 2. The van der Waals surface area contributed by atoms with Crippen molar-refractivity contribution in [3.8, 4) is 0 Å². The van der Waals surface area contributed by atoms with E-state index >= 15 is 0 Å². The minimum Gasteiger partial charge on any atom is -0.337 e. The Bertz CT molecular complexity index is 433. The number of nitrogens with one attached hydrogen (secondary N) is 1. The first-order valence-electron chi connectivity index (χ1n) is 5.52. The number of halogens is 2. The highest BCUT2D eigenvalue weighted by Gasteiger charge is 2.25. The summed E-state index contributed by atoms with van der Waals surface area (Å²) in [5.74, 6) is -0.597. The first kappa shape index (κ1) is 12.3. The van der Waals surface area contributed by atoms with Crippen molar-refractivity contribution < 1.29 is 9.18 Å². The van der Waals surface area contributed by atoms with Crippen LogP contribution in [0.1, 0.15) is 16.8 Å². The van der Waals surface area contributed by atoms with Gasteiger partial charge in [-0.1, -0.05) is 11.6 Å². The molecule has 5 heteroatoms. The Hall–Kier alpha value is -1.13. The van der Waals surface area contributed by atoms with E-state index in [9.17, 15) is 9.18 Å². The molecule has 1 aliphatic rings. The quantitative estimate of drug-likeness (QED) is 0.877. The van der Waals surface area contributed by atoms with Gasteiger partial charge in [-0.15, -0.1) is 0 Å². The number of hydrogen-bond donors (Lipinski definition) is 1. The summed E-state index contributed by atoms with van der Waals surface area (Å²) in [6.45, 7) is 1.71. The number of amides is 1. The van der Waals surface area contributed by atoms with Crippen LogP contribution in [-0.4, -0.2) is 37.0 Å². The third-order valence-corrected chi connectivity index (χ3v) is 3.38. The zero-order chi connectivity index (χ0) is 12.4. The summed E-state index contributed by atoms with van der Waals surface area (Å²) < 4.78 is 12.9. The van der Waals surface area contributed by atoms with Gasteiger partial charge in [0.2, 0.25) is 0 Å². The average Bonchev–Trinajstić information content (AvgIpc) is 2.80. The van der Waals surface area contributed by atoms with E-state index < -0.39 is 5.82 Å². The molecular weight excluding hydrogens is 243 g/mol. The van der Waals surface area contributed by atoms with E-state index in [4.69, 9.17) is 11.6 Å². The molecule has 92 valence electrons. The highest BCUT2D eigenvalue weighted by atomic mass is 35.5. The summed E-state index contributed by atoms with van der Waals surface area (Å²) >= 11 is 5.87.